The van der Waals surface area contributed by atoms with Crippen molar-refractivity contribution in [3.63, 3.8) is 0 Å². The zero-order valence-electron chi connectivity index (χ0n) is 20.1. The van der Waals surface area contributed by atoms with Crippen molar-refractivity contribution in [1.29, 1.82) is 0 Å². The molecule has 0 bridgehead atoms. The first kappa shape index (κ1) is 22.1. The van der Waals surface area contributed by atoms with Crippen molar-refractivity contribution in [2.24, 2.45) is 14.1 Å². The van der Waals surface area contributed by atoms with E-state index in [0.717, 1.165) is 43.7 Å². The number of aryl methyl sites for hydroxylation is 4. The molecule has 0 N–H and O–H groups in total. The highest BCUT2D eigenvalue weighted by Gasteiger charge is 2.30. The first-order valence-electron chi connectivity index (χ1n) is 11.6. The summed E-state index contributed by atoms with van der Waals surface area (Å²) in [5, 5.41) is 9.26. The number of nitrogens with zero attached hydrogens (tertiary/aromatic N) is 6. The summed E-state index contributed by atoms with van der Waals surface area (Å²) in [7, 11) is 3.97. The van der Waals surface area contributed by atoms with Crippen LogP contribution < -0.4 is 4.90 Å². The van der Waals surface area contributed by atoms with Crippen LogP contribution in [-0.4, -0.2) is 43.5 Å². The van der Waals surface area contributed by atoms with Gasteiger partial charge >= 0.3 is 0 Å². The molecular formula is C25H34N6O. The zero-order valence-corrected chi connectivity index (χ0v) is 20.1. The molecule has 0 saturated carbocycles. The van der Waals surface area contributed by atoms with Gasteiger partial charge in [-0.25, -0.2) is 0 Å². The Morgan fingerprint density at radius 3 is 2.56 bits per heavy atom. The predicted octanol–water partition coefficient (Wildman–Crippen LogP) is 4.14. The van der Waals surface area contributed by atoms with Crippen LogP contribution in [-0.2, 0) is 38.3 Å². The van der Waals surface area contributed by atoms with Crippen molar-refractivity contribution in [3.8, 4) is 11.1 Å². The second-order valence-corrected chi connectivity index (χ2v) is 8.52. The van der Waals surface area contributed by atoms with Crippen LogP contribution in [0.4, 0.5) is 11.5 Å². The molecule has 0 spiro atoms. The molecule has 0 unspecified atom stereocenters. The lowest BCUT2D eigenvalue weighted by Crippen LogP contribution is -2.35. The second-order valence-electron chi connectivity index (χ2n) is 8.52. The van der Waals surface area contributed by atoms with Crippen molar-refractivity contribution >= 4 is 17.4 Å². The van der Waals surface area contributed by atoms with E-state index in [1.165, 1.54) is 33.6 Å². The van der Waals surface area contributed by atoms with E-state index in [9.17, 15) is 4.79 Å². The Bertz CT molecular complexity index is 1140. The Morgan fingerprint density at radius 1 is 1.09 bits per heavy atom. The monoisotopic (exact) mass is 434 g/mol. The van der Waals surface area contributed by atoms with Gasteiger partial charge < -0.3 is 9.80 Å². The highest BCUT2D eigenvalue weighted by molar-refractivity contribution is 5.77. The van der Waals surface area contributed by atoms with Crippen LogP contribution >= 0.6 is 0 Å². The summed E-state index contributed by atoms with van der Waals surface area (Å²) in [6.45, 7) is 10.2. The third-order valence-electron chi connectivity index (χ3n) is 6.48. The smallest absolute Gasteiger partial charge is 0.219 e. The molecule has 0 saturated heterocycles. The van der Waals surface area contributed by atoms with E-state index in [-0.39, 0.29) is 5.91 Å². The summed E-state index contributed by atoms with van der Waals surface area (Å²) in [5.41, 5.74) is 8.68. The van der Waals surface area contributed by atoms with Crippen LogP contribution in [0.15, 0.2) is 24.5 Å². The van der Waals surface area contributed by atoms with Crippen LogP contribution in [0.3, 0.4) is 0 Å². The minimum absolute atomic E-state index is 0.131. The van der Waals surface area contributed by atoms with Gasteiger partial charge in [-0.3, -0.25) is 14.2 Å². The molecule has 0 aliphatic carbocycles. The van der Waals surface area contributed by atoms with Crippen LogP contribution in [0.1, 0.15) is 49.6 Å². The number of rotatable bonds is 2. The summed E-state index contributed by atoms with van der Waals surface area (Å²) in [6, 6.07) is 4.62. The van der Waals surface area contributed by atoms with Gasteiger partial charge in [0.25, 0.3) is 0 Å². The maximum atomic E-state index is 12.0. The molecule has 1 amide bonds. The first-order chi connectivity index (χ1) is 15.4. The molecule has 0 atom stereocenters. The molecule has 0 radical (unpaired) electrons. The number of benzene rings is 1. The summed E-state index contributed by atoms with van der Waals surface area (Å²) in [4.78, 5) is 16.3. The predicted molar refractivity (Wildman–Crippen MR) is 128 cm³/mol. The number of carbonyl (C=O) groups is 1. The molecule has 2 aliphatic rings. The molecule has 0 fully saturated rings. The van der Waals surface area contributed by atoms with Gasteiger partial charge in [0.05, 0.1) is 12.7 Å². The lowest BCUT2D eigenvalue weighted by molar-refractivity contribution is -0.129. The number of amides is 1. The molecule has 7 heteroatoms. The number of aromatic nitrogens is 4. The number of hydrogen-bond donors (Lipinski definition) is 0. The molecule has 1 aromatic carbocycles. The SMILES string of the molecule is CC.CC(=O)N1CCc2c(c(N3CCCc4cc(-c5cnn(C)c5)c(C)cc43)nn2C)C1. The molecule has 2 aliphatic heterocycles. The molecule has 170 valence electrons. The van der Waals surface area contributed by atoms with Gasteiger partial charge in [0.2, 0.25) is 5.91 Å². The fraction of sp³-hybridized carbons (Fsp3) is 0.480. The van der Waals surface area contributed by atoms with E-state index in [4.69, 9.17) is 5.10 Å². The van der Waals surface area contributed by atoms with Gasteiger partial charge in [0.1, 0.15) is 0 Å². The topological polar surface area (TPSA) is 59.2 Å². The number of fused-ring (bicyclic) bond motifs is 2. The quantitative estimate of drug-likeness (QED) is 0.608. The second kappa shape index (κ2) is 8.81. The number of hydrogen-bond acceptors (Lipinski definition) is 4. The van der Waals surface area contributed by atoms with Crippen LogP contribution in [0, 0.1) is 6.92 Å². The Balaban J connectivity index is 0.00000119. The Hall–Kier alpha value is -3.09. The van der Waals surface area contributed by atoms with E-state index < -0.39 is 0 Å². The zero-order chi connectivity index (χ0) is 23.0. The van der Waals surface area contributed by atoms with Crippen molar-refractivity contribution < 1.29 is 4.79 Å². The van der Waals surface area contributed by atoms with Gasteiger partial charge in [-0.1, -0.05) is 13.8 Å². The normalized spacial score (nSPS) is 15.1. The molecule has 5 rings (SSSR count). The van der Waals surface area contributed by atoms with Gasteiger partial charge in [-0.15, -0.1) is 0 Å². The molecule has 7 nitrogen and oxygen atoms in total. The standard InChI is InChI=1S/C23H28N6O.C2H6/c1-15-10-22-17(11-19(15)18-12-24-26(3)13-18)6-5-8-29(22)23-20-14-28(16(2)30)9-7-21(20)27(4)25-23;1-2/h10-13H,5-9,14H2,1-4H3;1-2H3. The molecule has 3 aromatic rings. The van der Waals surface area contributed by atoms with Crippen LogP contribution in [0.5, 0.6) is 0 Å². The highest BCUT2D eigenvalue weighted by atomic mass is 16.2. The van der Waals surface area contributed by atoms with Gasteiger partial charge in [0.15, 0.2) is 5.82 Å². The van der Waals surface area contributed by atoms with E-state index in [1.54, 1.807) is 6.92 Å². The van der Waals surface area contributed by atoms with E-state index in [0.29, 0.717) is 6.54 Å². The molecule has 32 heavy (non-hydrogen) atoms. The van der Waals surface area contributed by atoms with Crippen molar-refractivity contribution in [1.82, 2.24) is 24.5 Å². The molecule has 2 aromatic heterocycles. The fourth-order valence-corrected chi connectivity index (χ4v) is 4.89. The summed E-state index contributed by atoms with van der Waals surface area (Å²) in [6.07, 6.45) is 7.01. The Morgan fingerprint density at radius 2 is 1.88 bits per heavy atom. The van der Waals surface area contributed by atoms with Crippen molar-refractivity contribution in [3.05, 3.63) is 46.9 Å². The van der Waals surface area contributed by atoms with E-state index >= 15 is 0 Å². The lowest BCUT2D eigenvalue weighted by Gasteiger charge is -2.33. The molecular weight excluding hydrogens is 400 g/mol. The summed E-state index contributed by atoms with van der Waals surface area (Å²) < 4.78 is 3.86. The largest absolute Gasteiger partial charge is 0.338 e. The highest BCUT2D eigenvalue weighted by Crippen LogP contribution is 2.40. The third kappa shape index (κ3) is 3.80. The average Bonchev–Trinajstić information content (AvgIpc) is 3.37. The number of anilines is 2. The maximum absolute atomic E-state index is 12.0. The molecule has 4 heterocycles. The van der Waals surface area contributed by atoms with Gasteiger partial charge in [0, 0.05) is 69.2 Å². The maximum Gasteiger partial charge on any atom is 0.219 e. The van der Waals surface area contributed by atoms with Gasteiger partial charge in [-0.05, 0) is 48.6 Å². The minimum Gasteiger partial charge on any atom is -0.338 e. The van der Waals surface area contributed by atoms with Crippen LogP contribution in [0.2, 0.25) is 0 Å². The van der Waals surface area contributed by atoms with Crippen LogP contribution in [0.25, 0.3) is 11.1 Å². The fourth-order valence-electron chi connectivity index (χ4n) is 4.89. The Labute approximate surface area is 190 Å². The minimum atomic E-state index is 0.131. The number of carbonyl (C=O) groups excluding carboxylic acids is 1. The van der Waals surface area contributed by atoms with E-state index in [1.807, 2.05) is 48.4 Å². The van der Waals surface area contributed by atoms with Crippen molar-refractivity contribution in [2.45, 2.75) is 53.5 Å². The Kier molecular flexibility index (Phi) is 6.09. The summed E-state index contributed by atoms with van der Waals surface area (Å²) >= 11 is 0. The van der Waals surface area contributed by atoms with Gasteiger partial charge in [-0.2, -0.15) is 10.2 Å². The lowest BCUT2D eigenvalue weighted by atomic mass is 9.93. The third-order valence-corrected chi connectivity index (χ3v) is 6.48. The van der Waals surface area contributed by atoms with E-state index in [2.05, 4.69) is 35.3 Å². The average molecular weight is 435 g/mol. The first-order valence-corrected chi connectivity index (χ1v) is 11.6. The van der Waals surface area contributed by atoms with Crippen molar-refractivity contribution in [2.75, 3.05) is 18.0 Å². The summed E-state index contributed by atoms with van der Waals surface area (Å²) in [5.74, 6) is 1.14.